The van der Waals surface area contributed by atoms with E-state index < -0.39 is 123 Å². The van der Waals surface area contributed by atoms with Gasteiger partial charge in [0.25, 0.3) is 0 Å². The molecule has 0 aliphatic carbocycles. The zero-order valence-corrected chi connectivity index (χ0v) is 65.0. The summed E-state index contributed by atoms with van der Waals surface area (Å²) in [5.41, 5.74) is 20.5. The number of hydrogen-bond acceptors (Lipinski definition) is 21. The third kappa shape index (κ3) is 14.3. The SMILES string of the molecule is C.C.C.COC(=O)c1ccc(C(=O)C[C@@H]2N[C@@]3(C(=O)Nc4cc(Cl)ccc43)[C@@H](c3cccc(Cl)c3F)[C@@H]2[N+](=O)[O-])c(N)c1.COC(=O)c1ccc(C2C[C@@H]3N[C@@]4(C(=O)Nc5cc(Cl)ccc54)[C@@H](c4cccc(Cl)c4F)[C@@H]3N2)c(N)c1.COC(=O)c1ccc(C2C[C@@H]3N[C@@]4(C(=O)Nc5cc(Cl)ccc54)[C@@H](c4cccc(Cl)c4F)[C@@H]3N2O)c(N)c1. The van der Waals surface area contributed by atoms with Crippen LogP contribution in [0.3, 0.4) is 0 Å². The molecular formula is C84H79Cl6F3N12O13. The van der Waals surface area contributed by atoms with Crippen LogP contribution in [0, 0.1) is 27.6 Å². The number of halogens is 9. The maximum atomic E-state index is 15.6. The Morgan fingerprint density at radius 2 is 0.907 bits per heavy atom. The first kappa shape index (κ1) is 86.9. The summed E-state index contributed by atoms with van der Waals surface area (Å²) < 4.78 is 60.8. The number of methoxy groups -OCH3 is 3. The van der Waals surface area contributed by atoms with Gasteiger partial charge in [0.15, 0.2) is 5.78 Å². The molecule has 9 aromatic rings. The lowest BCUT2D eigenvalue weighted by atomic mass is 9.74. The molecule has 2 unspecified atom stereocenters. The second kappa shape index (κ2) is 33.4. The number of ether oxygens (including phenoxy) is 3. The maximum absolute atomic E-state index is 15.6. The van der Waals surface area contributed by atoms with E-state index >= 15 is 13.2 Å². The molecule has 8 heterocycles. The van der Waals surface area contributed by atoms with E-state index in [-0.39, 0.29) is 101 Å². The van der Waals surface area contributed by atoms with Gasteiger partial charge in [0, 0.05) is 124 Å². The smallest absolute Gasteiger partial charge is 0.337 e. The van der Waals surface area contributed by atoms with Crippen LogP contribution in [0.25, 0.3) is 0 Å². The molecule has 118 heavy (non-hydrogen) atoms. The Bertz CT molecular complexity index is 5650. The van der Waals surface area contributed by atoms with Crippen molar-refractivity contribution >= 4 is 145 Å². The number of nitro groups is 1. The fourth-order valence-electron chi connectivity index (χ4n) is 18.3. The van der Waals surface area contributed by atoms with E-state index in [1.165, 1.54) is 94.1 Å². The van der Waals surface area contributed by atoms with Crippen molar-refractivity contribution in [1.82, 2.24) is 26.3 Å². The van der Waals surface area contributed by atoms with Crippen molar-refractivity contribution in [3.63, 3.8) is 0 Å². The summed E-state index contributed by atoms with van der Waals surface area (Å²) in [6, 6.07) is 36.8. The van der Waals surface area contributed by atoms with Crippen LogP contribution in [-0.2, 0) is 45.2 Å². The van der Waals surface area contributed by atoms with Crippen LogP contribution in [-0.4, -0.2) is 114 Å². The number of nitrogens with zero attached hydrogens (tertiary/aromatic N) is 2. The number of carbonyl (C=O) groups excluding carboxylic acids is 7. The summed E-state index contributed by atoms with van der Waals surface area (Å²) in [7, 11) is 3.79. The largest absolute Gasteiger partial charge is 0.465 e. The van der Waals surface area contributed by atoms with E-state index in [9.17, 15) is 48.9 Å². The van der Waals surface area contributed by atoms with Crippen molar-refractivity contribution in [2.45, 2.75) is 124 Å². The maximum Gasteiger partial charge on any atom is 0.337 e. The molecule has 0 aromatic heterocycles. The molecule has 14 N–H and O–H groups in total. The number of esters is 3. The topological polar surface area (TPSA) is 376 Å². The lowest BCUT2D eigenvalue weighted by Gasteiger charge is -2.36. The van der Waals surface area contributed by atoms with Gasteiger partial charge in [-0.3, -0.25) is 45.2 Å². The number of nitrogens with one attached hydrogen (secondary N) is 7. The Morgan fingerprint density at radius 1 is 0.508 bits per heavy atom. The predicted molar refractivity (Wildman–Crippen MR) is 444 cm³/mol. The number of hydrogen-bond donors (Lipinski definition) is 11. The van der Waals surface area contributed by atoms with Crippen molar-refractivity contribution in [2.75, 3.05) is 54.5 Å². The number of nitrogens with two attached hydrogens (primary N) is 3. The van der Waals surface area contributed by atoms with Crippen LogP contribution in [0.4, 0.5) is 47.3 Å². The van der Waals surface area contributed by atoms with Crippen molar-refractivity contribution < 1.29 is 71.1 Å². The van der Waals surface area contributed by atoms with Gasteiger partial charge in [-0.2, -0.15) is 5.06 Å². The molecule has 14 atom stereocenters. The Kier molecular flexibility index (Phi) is 24.6. The van der Waals surface area contributed by atoms with Crippen LogP contribution < -0.4 is 54.4 Å². The molecule has 25 nitrogen and oxygen atoms in total. The number of Topliss-reactive ketones (excluding diaryl/α,β-unsaturated/α-hetero) is 1. The number of rotatable bonds is 12. The van der Waals surface area contributed by atoms with E-state index in [0.29, 0.717) is 89.7 Å². The Morgan fingerprint density at radius 3 is 1.34 bits per heavy atom. The zero-order chi connectivity index (χ0) is 81.9. The fraction of sp³-hybridized carbons (Fsp3) is 0.274. The minimum Gasteiger partial charge on any atom is -0.465 e. The van der Waals surface area contributed by atoms with Crippen LogP contribution in [0.5, 0.6) is 0 Å². The number of anilines is 6. The molecule has 8 aliphatic heterocycles. The standard InChI is InChI=1S/C27H21Cl2FN4O6.C27H23Cl2FN4O4.C27H23Cl2FN4O3.3CH4/c1-40-25(36)12-5-7-14(18(31)9-12)21(35)11-20-24(34(38)39)22(15-3-2-4-17(29)23(15)30)27(33-20)16-8-6-13(28)10-19(16)32-26(27)37;1-38-25(35)12-5-7-14(18(31)9-12)21-11-20-24(34(21)37)22(15-3-2-4-17(29)23(15)30)27(33-20)16-8-6-13(28)10-19(16)32-26(27)36;1-37-25(35)12-5-7-14(18(31)9-12)19-11-21-24(32-19)22(15-3-2-4-17(29)23(15)30)27(34-21)16-8-6-13(28)10-20(16)33-26(27)36;;;/h2-10,20,22,24,33H,11,31H2,1H3,(H,32,37);2-10,20-22,24,33,37H,11,31H2,1H3,(H,32,36);2-10,19,21-22,24,32,34H,11,31H2,1H3,(H,33,36);3*1H4/t20-,22-,24+,27+;20-,21?,22-,24+,27+;19?,21-,22-,24+,27+;;;/m000.../s1. The van der Waals surface area contributed by atoms with Gasteiger partial charge < -0.3 is 57.9 Å². The minimum absolute atomic E-state index is 0. The highest BCUT2D eigenvalue weighted by Gasteiger charge is 2.70. The number of fused-ring (bicyclic) bond motifs is 8. The molecule has 17 rings (SSSR count). The number of hydroxylamine groups is 2. The molecular weight excluding hydrogens is 1650 g/mol. The molecule has 9 aromatic carbocycles. The molecule has 616 valence electrons. The van der Waals surface area contributed by atoms with E-state index in [1.807, 2.05) is 0 Å². The van der Waals surface area contributed by atoms with Crippen molar-refractivity contribution in [3.05, 3.63) is 288 Å². The summed E-state index contributed by atoms with van der Waals surface area (Å²) in [6.45, 7) is 0. The van der Waals surface area contributed by atoms with Crippen molar-refractivity contribution in [3.8, 4) is 0 Å². The summed E-state index contributed by atoms with van der Waals surface area (Å²) in [4.78, 5) is 102. The third-order valence-corrected chi connectivity index (χ3v) is 24.7. The average Bonchev–Trinajstić information content (AvgIpc) is 1.54. The quantitative estimate of drug-likeness (QED) is 0.0135. The molecule has 8 aliphatic rings. The van der Waals surface area contributed by atoms with Crippen LogP contribution in [0.2, 0.25) is 30.1 Å². The van der Waals surface area contributed by atoms with Gasteiger partial charge in [0.2, 0.25) is 23.8 Å². The van der Waals surface area contributed by atoms with Gasteiger partial charge in [-0.25, -0.2) is 27.6 Å². The molecule has 3 amide bonds. The second-order valence-corrected chi connectivity index (χ2v) is 31.5. The first-order valence-electron chi connectivity index (χ1n) is 35.7. The highest BCUT2D eigenvalue weighted by molar-refractivity contribution is 6.33. The number of benzene rings is 9. The molecule has 34 heteroatoms. The number of amides is 3. The van der Waals surface area contributed by atoms with Gasteiger partial charge in [0.1, 0.15) is 34.1 Å². The Hall–Kier alpha value is -10.4. The third-order valence-electron chi connectivity index (χ3n) is 23.1. The van der Waals surface area contributed by atoms with E-state index in [2.05, 4.69) is 42.0 Å². The summed E-state index contributed by atoms with van der Waals surface area (Å²) in [5, 5.41) is 48.4. The second-order valence-electron chi connectivity index (χ2n) is 28.9. The molecule has 3 spiro atoms. The lowest BCUT2D eigenvalue weighted by Crippen LogP contribution is -2.50. The van der Waals surface area contributed by atoms with E-state index in [0.717, 1.165) is 10.6 Å². The lowest BCUT2D eigenvalue weighted by molar-refractivity contribution is -0.526. The minimum atomic E-state index is -1.82. The molecule has 0 saturated carbocycles. The van der Waals surface area contributed by atoms with Crippen molar-refractivity contribution in [1.29, 1.82) is 0 Å². The first-order chi connectivity index (χ1) is 54.9. The normalized spacial score (nSPS) is 25.5. The average molecular weight is 1730 g/mol. The Balaban J connectivity index is 0.000000161. The Labute approximate surface area is 705 Å². The summed E-state index contributed by atoms with van der Waals surface area (Å²) in [6.07, 6.45) is 0.479. The number of carbonyl (C=O) groups is 7. The zero-order valence-electron chi connectivity index (χ0n) is 60.4. The monoisotopic (exact) mass is 1730 g/mol. The fourth-order valence-corrected chi connectivity index (χ4v) is 19.4. The van der Waals surface area contributed by atoms with Gasteiger partial charge in [0.05, 0.1) is 77.1 Å². The molecule has 5 fully saturated rings. The van der Waals surface area contributed by atoms with Crippen LogP contribution in [0.1, 0.15) is 157 Å². The van der Waals surface area contributed by atoms with Gasteiger partial charge in [-0.15, -0.1) is 0 Å². The van der Waals surface area contributed by atoms with Crippen LogP contribution in [0.15, 0.2) is 164 Å². The van der Waals surface area contributed by atoms with E-state index in [1.54, 1.807) is 91.0 Å². The molecule has 5 saturated heterocycles. The van der Waals surface area contributed by atoms with Crippen molar-refractivity contribution in [2.24, 2.45) is 0 Å². The van der Waals surface area contributed by atoms with Crippen LogP contribution >= 0.6 is 69.6 Å². The molecule has 0 radical (unpaired) electrons. The predicted octanol–water partition coefficient (Wildman–Crippen LogP) is 15.3. The van der Waals surface area contributed by atoms with E-state index in [4.69, 9.17) is 96.3 Å². The van der Waals surface area contributed by atoms with Gasteiger partial charge in [-0.05, 0) is 132 Å². The first-order valence-corrected chi connectivity index (χ1v) is 38.0. The number of nitrogen functional groups attached to an aromatic ring is 3. The summed E-state index contributed by atoms with van der Waals surface area (Å²) in [5.74, 6) is -8.58. The van der Waals surface area contributed by atoms with Gasteiger partial charge >= 0.3 is 17.9 Å². The highest BCUT2D eigenvalue weighted by Crippen LogP contribution is 2.61. The van der Waals surface area contributed by atoms with Gasteiger partial charge in [-0.1, -0.05) is 159 Å². The summed E-state index contributed by atoms with van der Waals surface area (Å²) >= 11 is 36.9. The highest BCUT2D eigenvalue weighted by atomic mass is 35.5. The number of ketones is 1. The molecule has 0 bridgehead atoms.